The van der Waals surface area contributed by atoms with Gasteiger partial charge >= 0.3 is 6.03 Å². The minimum absolute atomic E-state index is 0.132. The van der Waals surface area contributed by atoms with Crippen LogP contribution in [0.5, 0.6) is 0 Å². The Hall–Kier alpha value is -2.90. The van der Waals surface area contributed by atoms with Crippen LogP contribution in [0.3, 0.4) is 0 Å². The molecule has 1 aliphatic rings. The quantitative estimate of drug-likeness (QED) is 0.816. The number of carbonyl (C=O) groups excluding carboxylic acids is 2. The van der Waals surface area contributed by atoms with Crippen molar-refractivity contribution in [3.63, 3.8) is 0 Å². The number of anilines is 2. The zero-order valence-corrected chi connectivity index (χ0v) is 17.0. The SMILES string of the molecule is CN(CCN1CCOCC1)C(=O)Nc1cccc(C(=O)N(C)c2ccccc2)c1. The van der Waals surface area contributed by atoms with Gasteiger partial charge in [0.25, 0.3) is 5.91 Å². The van der Waals surface area contributed by atoms with E-state index in [0.29, 0.717) is 17.8 Å². The topological polar surface area (TPSA) is 65.1 Å². The van der Waals surface area contributed by atoms with Crippen molar-refractivity contribution in [3.05, 3.63) is 60.2 Å². The summed E-state index contributed by atoms with van der Waals surface area (Å²) in [4.78, 5) is 30.8. The minimum atomic E-state index is -0.195. The highest BCUT2D eigenvalue weighted by Gasteiger charge is 2.16. The van der Waals surface area contributed by atoms with E-state index in [0.717, 1.165) is 38.5 Å². The van der Waals surface area contributed by atoms with Crippen molar-refractivity contribution in [2.45, 2.75) is 0 Å². The van der Waals surface area contributed by atoms with E-state index in [2.05, 4.69) is 10.2 Å². The molecule has 0 unspecified atom stereocenters. The maximum atomic E-state index is 12.8. The molecule has 7 heteroatoms. The first-order chi connectivity index (χ1) is 14.0. The highest BCUT2D eigenvalue weighted by atomic mass is 16.5. The number of hydrogen-bond donors (Lipinski definition) is 1. The summed E-state index contributed by atoms with van der Waals surface area (Å²) in [5, 5.41) is 2.88. The Morgan fingerprint density at radius 3 is 2.48 bits per heavy atom. The average Bonchev–Trinajstić information content (AvgIpc) is 2.78. The van der Waals surface area contributed by atoms with Gasteiger partial charge in [-0.2, -0.15) is 0 Å². The number of morpholine rings is 1. The number of nitrogens with zero attached hydrogens (tertiary/aromatic N) is 3. The number of carbonyl (C=O) groups is 2. The molecule has 0 radical (unpaired) electrons. The lowest BCUT2D eigenvalue weighted by molar-refractivity contribution is 0.0359. The number of amides is 3. The van der Waals surface area contributed by atoms with Crippen LogP contribution in [0.15, 0.2) is 54.6 Å². The summed E-state index contributed by atoms with van der Waals surface area (Å²) in [6, 6.07) is 16.3. The molecule has 0 bridgehead atoms. The van der Waals surface area contributed by atoms with Crippen molar-refractivity contribution in [1.29, 1.82) is 0 Å². The molecule has 2 aromatic rings. The molecular weight excluding hydrogens is 368 g/mol. The van der Waals surface area contributed by atoms with E-state index in [9.17, 15) is 9.59 Å². The molecule has 1 saturated heterocycles. The molecule has 1 heterocycles. The fourth-order valence-electron chi connectivity index (χ4n) is 3.13. The Balaban J connectivity index is 1.57. The van der Waals surface area contributed by atoms with E-state index in [-0.39, 0.29) is 11.9 Å². The molecule has 0 spiro atoms. The first-order valence-electron chi connectivity index (χ1n) is 9.80. The van der Waals surface area contributed by atoms with Gasteiger partial charge in [-0.1, -0.05) is 24.3 Å². The second kappa shape index (κ2) is 10.0. The van der Waals surface area contributed by atoms with Crippen LogP contribution in [0.2, 0.25) is 0 Å². The van der Waals surface area contributed by atoms with Gasteiger partial charge in [-0.05, 0) is 30.3 Å². The number of likely N-dealkylation sites (N-methyl/N-ethyl adjacent to an activating group) is 1. The van der Waals surface area contributed by atoms with Crippen LogP contribution in [0.25, 0.3) is 0 Å². The lowest BCUT2D eigenvalue weighted by Gasteiger charge is -2.28. The number of benzene rings is 2. The fraction of sp³-hybridized carbons (Fsp3) is 0.364. The normalized spacial score (nSPS) is 14.3. The van der Waals surface area contributed by atoms with Crippen LogP contribution < -0.4 is 10.2 Å². The van der Waals surface area contributed by atoms with Crippen LogP contribution in [0, 0.1) is 0 Å². The third-order valence-electron chi connectivity index (χ3n) is 5.01. The van der Waals surface area contributed by atoms with Gasteiger partial charge < -0.3 is 19.9 Å². The summed E-state index contributed by atoms with van der Waals surface area (Å²) in [6.07, 6.45) is 0. The summed E-state index contributed by atoms with van der Waals surface area (Å²) < 4.78 is 5.34. The molecule has 1 N–H and O–H groups in total. The molecule has 154 valence electrons. The van der Waals surface area contributed by atoms with E-state index in [4.69, 9.17) is 4.74 Å². The van der Waals surface area contributed by atoms with Gasteiger partial charge in [0.15, 0.2) is 0 Å². The molecule has 3 amide bonds. The van der Waals surface area contributed by atoms with Crippen LogP contribution in [-0.2, 0) is 4.74 Å². The van der Waals surface area contributed by atoms with Gasteiger partial charge in [0, 0.05) is 57.2 Å². The van der Waals surface area contributed by atoms with Gasteiger partial charge in [0.05, 0.1) is 13.2 Å². The number of nitrogens with one attached hydrogen (secondary N) is 1. The largest absolute Gasteiger partial charge is 0.379 e. The predicted molar refractivity (Wildman–Crippen MR) is 115 cm³/mol. The van der Waals surface area contributed by atoms with E-state index < -0.39 is 0 Å². The van der Waals surface area contributed by atoms with Crippen LogP contribution >= 0.6 is 0 Å². The van der Waals surface area contributed by atoms with Crippen molar-refractivity contribution in [2.24, 2.45) is 0 Å². The summed E-state index contributed by atoms with van der Waals surface area (Å²) in [6.45, 7) is 4.72. The number of para-hydroxylation sites is 1. The summed E-state index contributed by atoms with van der Waals surface area (Å²) in [5.41, 5.74) is 1.93. The van der Waals surface area contributed by atoms with Crippen molar-refractivity contribution in [1.82, 2.24) is 9.80 Å². The fourth-order valence-corrected chi connectivity index (χ4v) is 3.13. The molecule has 7 nitrogen and oxygen atoms in total. The lowest BCUT2D eigenvalue weighted by atomic mass is 10.1. The summed E-state index contributed by atoms with van der Waals surface area (Å²) >= 11 is 0. The molecule has 1 fully saturated rings. The Morgan fingerprint density at radius 2 is 1.76 bits per heavy atom. The van der Waals surface area contributed by atoms with Gasteiger partial charge in [-0.15, -0.1) is 0 Å². The third-order valence-corrected chi connectivity index (χ3v) is 5.01. The Morgan fingerprint density at radius 1 is 1.03 bits per heavy atom. The number of hydrogen-bond acceptors (Lipinski definition) is 4. The lowest BCUT2D eigenvalue weighted by Crippen LogP contribution is -2.42. The molecule has 0 atom stereocenters. The standard InChI is InChI=1S/C22H28N4O3/c1-24(11-12-26-13-15-29-16-14-26)22(28)23-19-8-6-7-18(17-19)21(27)25(2)20-9-4-3-5-10-20/h3-10,17H,11-16H2,1-2H3,(H,23,28). The second-order valence-corrected chi connectivity index (χ2v) is 7.09. The number of rotatable bonds is 6. The van der Waals surface area contributed by atoms with Crippen LogP contribution in [0.4, 0.5) is 16.2 Å². The summed E-state index contributed by atoms with van der Waals surface area (Å²) in [7, 11) is 3.51. The Kier molecular flexibility index (Phi) is 7.21. The molecule has 0 aliphatic carbocycles. The molecular formula is C22H28N4O3. The number of ether oxygens (including phenoxy) is 1. The van der Waals surface area contributed by atoms with Crippen molar-refractivity contribution in [2.75, 3.05) is 63.7 Å². The van der Waals surface area contributed by atoms with Crippen molar-refractivity contribution >= 4 is 23.3 Å². The molecule has 1 aliphatic heterocycles. The Bertz CT molecular complexity index is 822. The van der Waals surface area contributed by atoms with Crippen molar-refractivity contribution < 1.29 is 14.3 Å². The first kappa shape index (κ1) is 20.8. The predicted octanol–water partition coefficient (Wildman–Crippen LogP) is 2.76. The molecule has 3 rings (SSSR count). The highest BCUT2D eigenvalue weighted by Crippen LogP contribution is 2.17. The third kappa shape index (κ3) is 5.79. The van der Waals surface area contributed by atoms with Crippen molar-refractivity contribution in [3.8, 4) is 0 Å². The zero-order valence-electron chi connectivity index (χ0n) is 17.0. The minimum Gasteiger partial charge on any atom is -0.379 e. The zero-order chi connectivity index (χ0) is 20.6. The Labute approximate surface area is 171 Å². The van der Waals surface area contributed by atoms with Crippen LogP contribution in [-0.4, -0.2) is 75.2 Å². The molecule has 0 aromatic heterocycles. The van der Waals surface area contributed by atoms with Gasteiger partial charge in [0.2, 0.25) is 0 Å². The van der Waals surface area contributed by atoms with E-state index in [1.165, 1.54) is 0 Å². The molecule has 29 heavy (non-hydrogen) atoms. The molecule has 0 saturated carbocycles. The highest BCUT2D eigenvalue weighted by molar-refractivity contribution is 6.06. The molecule has 2 aromatic carbocycles. The summed E-state index contributed by atoms with van der Waals surface area (Å²) in [5.74, 6) is -0.132. The monoisotopic (exact) mass is 396 g/mol. The van der Waals surface area contributed by atoms with Crippen LogP contribution in [0.1, 0.15) is 10.4 Å². The maximum Gasteiger partial charge on any atom is 0.321 e. The number of urea groups is 1. The maximum absolute atomic E-state index is 12.8. The second-order valence-electron chi connectivity index (χ2n) is 7.09. The van der Waals surface area contributed by atoms with Gasteiger partial charge in [-0.3, -0.25) is 9.69 Å². The first-order valence-corrected chi connectivity index (χ1v) is 9.80. The van der Waals surface area contributed by atoms with E-state index in [1.54, 1.807) is 48.2 Å². The van der Waals surface area contributed by atoms with Gasteiger partial charge in [0.1, 0.15) is 0 Å². The van der Waals surface area contributed by atoms with Gasteiger partial charge in [-0.25, -0.2) is 4.79 Å². The smallest absolute Gasteiger partial charge is 0.321 e. The van der Waals surface area contributed by atoms with E-state index >= 15 is 0 Å². The van der Waals surface area contributed by atoms with E-state index in [1.807, 2.05) is 30.3 Å². The average molecular weight is 396 g/mol.